The monoisotopic (exact) mass is 1130 g/mol. The van der Waals surface area contributed by atoms with Gasteiger partial charge in [-0.25, -0.2) is 4.98 Å². The lowest BCUT2D eigenvalue weighted by atomic mass is 9.85. The Morgan fingerprint density at radius 1 is 0.407 bits per heavy atom. The van der Waals surface area contributed by atoms with Gasteiger partial charge < -0.3 is 14.2 Å². The number of pyridine rings is 2. The van der Waals surface area contributed by atoms with Crippen LogP contribution in [0.2, 0.25) is 0 Å². The normalized spacial score (nSPS) is 12.7. The van der Waals surface area contributed by atoms with Crippen LogP contribution in [0.1, 0.15) is 52.7 Å². The third kappa shape index (κ3) is 8.75. The Labute approximate surface area is 503 Å². The van der Waals surface area contributed by atoms with Crippen LogP contribution in [0.25, 0.3) is 82.1 Å². The van der Waals surface area contributed by atoms with Gasteiger partial charge in [0.25, 0.3) is 0 Å². The van der Waals surface area contributed by atoms with Crippen LogP contribution in [0, 0.1) is 0 Å². The van der Waals surface area contributed by atoms with Crippen LogP contribution in [-0.2, 0) is 17.5 Å². The maximum atomic E-state index is 6.94. The Morgan fingerprint density at radius 2 is 0.953 bits per heavy atom. The van der Waals surface area contributed by atoms with Gasteiger partial charge in [-0.15, -0.1) is 0 Å². The summed E-state index contributed by atoms with van der Waals surface area (Å²) in [5, 5.41) is 14.8. The summed E-state index contributed by atoms with van der Waals surface area (Å²) in [6, 6.07) is 94.6. The van der Waals surface area contributed by atoms with E-state index in [0.29, 0.717) is 18.2 Å². The predicted molar refractivity (Wildman–Crippen MR) is 364 cm³/mol. The first-order valence-corrected chi connectivity index (χ1v) is 31.9. The predicted octanol–water partition coefficient (Wildman–Crippen LogP) is 17.7. The molecule has 7 heteroatoms. The molecule has 10 aromatic carbocycles. The first-order chi connectivity index (χ1) is 41.9. The van der Waals surface area contributed by atoms with Crippen LogP contribution in [0.4, 0.5) is 11.4 Å². The smallest absolute Gasteiger partial charge is 0.179 e. The minimum atomic E-state index is -2.99. The molecule has 0 unspecified atom stereocenters. The molecule has 4 aromatic heterocycles. The maximum Gasteiger partial charge on any atom is 0.179 e. The molecule has 15 rings (SSSR count). The van der Waals surface area contributed by atoms with Crippen molar-refractivity contribution in [1.82, 2.24) is 19.1 Å². The van der Waals surface area contributed by atoms with Crippen molar-refractivity contribution in [2.45, 2.75) is 59.0 Å². The number of nitrogens with zero attached hydrogens (tertiary/aromatic N) is 5. The molecule has 0 fully saturated rings. The van der Waals surface area contributed by atoms with Gasteiger partial charge >= 0.3 is 0 Å². The van der Waals surface area contributed by atoms with E-state index in [-0.39, 0.29) is 10.8 Å². The molecular formula is C79H65N5OSi. The maximum absolute atomic E-state index is 6.94. The van der Waals surface area contributed by atoms with Crippen LogP contribution in [0.5, 0.6) is 11.5 Å². The first-order valence-electron chi connectivity index (χ1n) is 29.9. The number of hydrogen-bond acceptors (Lipinski definition) is 4. The van der Waals surface area contributed by atoms with Crippen LogP contribution in [0.15, 0.2) is 273 Å². The number of fused-ring (bicyclic) bond motifs is 10. The topological polar surface area (TPSA) is 48.1 Å². The number of rotatable bonds is 9. The lowest BCUT2D eigenvalue weighted by Crippen LogP contribution is -2.74. The van der Waals surface area contributed by atoms with E-state index in [0.717, 1.165) is 55.4 Å². The number of ether oxygens (including phenoxy) is 1. The third-order valence-corrected chi connectivity index (χ3v) is 22.5. The van der Waals surface area contributed by atoms with E-state index in [4.69, 9.17) is 14.7 Å². The molecule has 1 aliphatic heterocycles. The molecule has 6 nitrogen and oxygen atoms in total. The van der Waals surface area contributed by atoms with Gasteiger partial charge in [-0.3, -0.25) is 9.55 Å². The van der Waals surface area contributed by atoms with Crippen molar-refractivity contribution < 1.29 is 4.74 Å². The van der Waals surface area contributed by atoms with Gasteiger partial charge in [-0.1, -0.05) is 248 Å². The van der Waals surface area contributed by atoms with Crippen molar-refractivity contribution in [2.24, 2.45) is 0 Å². The molecule has 416 valence electrons. The van der Waals surface area contributed by atoms with E-state index in [2.05, 4.69) is 310 Å². The molecule has 0 atom stereocenters. The van der Waals surface area contributed by atoms with Gasteiger partial charge in [-0.05, 0) is 106 Å². The van der Waals surface area contributed by atoms with Gasteiger partial charge in [0, 0.05) is 45.4 Å². The standard InChI is InChI=1S/C79H65N5OSi/c1-78(2,3)54-42-43-81-75(47-54)84-72-38-21-20-34-68(72)69-41-40-57(49-74(69)84)85-58-48-56(50-80-51-58)82-52-83-76-63(35-22-36-70(76)66-32-18-16-30-64(66)65-31-17-19-33-67(65)71-37-23-39-73(82)77(71)83)53-44-55(79(4,5)6)46-62(45-53)86(59-24-10-7-11-25-59,60-26-12-8-13-27-60)61-28-14-9-15-29-61/h7-51H,52H2,1-6H3. The zero-order valence-corrected chi connectivity index (χ0v) is 50.3. The highest BCUT2D eigenvalue weighted by atomic mass is 28.3. The molecule has 0 N–H and O–H groups in total. The Balaban J connectivity index is 0.953. The average molecular weight is 1130 g/mol. The largest absolute Gasteiger partial charge is 0.456 e. The second kappa shape index (κ2) is 20.6. The van der Waals surface area contributed by atoms with Gasteiger partial charge in [-0.2, -0.15) is 0 Å². The first kappa shape index (κ1) is 52.7. The van der Waals surface area contributed by atoms with Gasteiger partial charge in [0.05, 0.1) is 45.8 Å². The van der Waals surface area contributed by atoms with E-state index in [1.807, 2.05) is 18.6 Å². The number of para-hydroxylation sites is 3. The number of hydrogen-bond donors (Lipinski definition) is 0. The molecule has 0 radical (unpaired) electrons. The van der Waals surface area contributed by atoms with E-state index >= 15 is 0 Å². The summed E-state index contributed by atoms with van der Waals surface area (Å²) >= 11 is 0. The highest BCUT2D eigenvalue weighted by Crippen LogP contribution is 2.46. The molecular weight excluding hydrogens is 1060 g/mol. The summed E-state index contributed by atoms with van der Waals surface area (Å²) in [5.74, 6) is 2.23. The van der Waals surface area contributed by atoms with Crippen LogP contribution in [-0.4, -0.2) is 27.2 Å². The van der Waals surface area contributed by atoms with E-state index in [1.165, 1.54) is 69.9 Å². The molecule has 0 spiro atoms. The summed E-state index contributed by atoms with van der Waals surface area (Å²) in [6.07, 6.45) is 5.73. The third-order valence-electron chi connectivity index (χ3n) is 17.8. The Hall–Kier alpha value is -10.1. The lowest BCUT2D eigenvalue weighted by molar-refractivity contribution is 0.481. The van der Waals surface area contributed by atoms with Crippen molar-refractivity contribution in [3.63, 3.8) is 0 Å². The quantitative estimate of drug-likeness (QED) is 0.107. The SMILES string of the molecule is CC(C)(C)c1cc(-c2cccc3c4ccccc4c4ccccc4c4cccc5c4n(c23)CN5c2cncc(Oc3ccc4c5ccccc5n(-c5cc(C(C)(C)C)ccn5)c4c3)c2)cc([Si](c2ccccc2)(c2ccccc2)c2ccccc2)c1. The van der Waals surface area contributed by atoms with Gasteiger partial charge in [0.1, 0.15) is 24.0 Å². The summed E-state index contributed by atoms with van der Waals surface area (Å²) in [6.45, 7) is 14.3. The molecule has 0 saturated carbocycles. The fourth-order valence-corrected chi connectivity index (χ4v) is 18.5. The molecule has 0 aliphatic carbocycles. The van der Waals surface area contributed by atoms with Crippen molar-refractivity contribution in [2.75, 3.05) is 4.90 Å². The van der Waals surface area contributed by atoms with Gasteiger partial charge in [0.2, 0.25) is 0 Å². The van der Waals surface area contributed by atoms with Crippen molar-refractivity contribution in [1.29, 1.82) is 0 Å². The lowest BCUT2D eigenvalue weighted by Gasteiger charge is -2.36. The minimum Gasteiger partial charge on any atom is -0.456 e. The zero-order chi connectivity index (χ0) is 58.3. The zero-order valence-electron chi connectivity index (χ0n) is 49.3. The summed E-state index contributed by atoms with van der Waals surface area (Å²) in [5.41, 5.74) is 11.1. The second-order valence-corrected chi connectivity index (χ2v) is 28.8. The fourth-order valence-electron chi connectivity index (χ4n) is 13.6. The molecule has 0 amide bonds. The molecule has 0 saturated heterocycles. The molecule has 14 aromatic rings. The second-order valence-electron chi connectivity index (χ2n) is 25.0. The number of aromatic nitrogens is 4. The van der Waals surface area contributed by atoms with E-state index in [9.17, 15) is 0 Å². The number of anilines is 2. The molecule has 0 bridgehead atoms. The molecule has 5 heterocycles. The Morgan fingerprint density at radius 3 is 1.58 bits per heavy atom. The molecule has 86 heavy (non-hydrogen) atoms. The fraction of sp³-hybridized carbons (Fsp3) is 0.114. The van der Waals surface area contributed by atoms with E-state index in [1.54, 1.807) is 0 Å². The van der Waals surface area contributed by atoms with Gasteiger partial charge in [0.15, 0.2) is 8.07 Å². The number of benzene rings is 10. The Bertz CT molecular complexity index is 4940. The van der Waals surface area contributed by atoms with Crippen LogP contribution >= 0.6 is 0 Å². The van der Waals surface area contributed by atoms with E-state index < -0.39 is 8.07 Å². The van der Waals surface area contributed by atoms with Crippen molar-refractivity contribution in [3.8, 4) is 28.4 Å². The average Bonchev–Trinajstić information content (AvgIpc) is 2.75. The Kier molecular flexibility index (Phi) is 12.6. The minimum absolute atomic E-state index is 0.0419. The van der Waals surface area contributed by atoms with Crippen LogP contribution < -0.4 is 30.4 Å². The van der Waals surface area contributed by atoms with Crippen LogP contribution in [0.3, 0.4) is 0 Å². The highest BCUT2D eigenvalue weighted by molar-refractivity contribution is 7.20. The summed E-state index contributed by atoms with van der Waals surface area (Å²) < 4.78 is 11.8. The summed E-state index contributed by atoms with van der Waals surface area (Å²) in [4.78, 5) is 12.3. The van der Waals surface area contributed by atoms with Crippen molar-refractivity contribution >= 4 is 105 Å². The molecule has 1 aliphatic rings. The highest BCUT2D eigenvalue weighted by Gasteiger charge is 2.42. The summed E-state index contributed by atoms with van der Waals surface area (Å²) in [7, 11) is -2.99. The van der Waals surface area contributed by atoms with Crippen molar-refractivity contribution in [3.05, 3.63) is 285 Å².